The van der Waals surface area contributed by atoms with E-state index in [1.54, 1.807) is 6.92 Å². The zero-order valence-electron chi connectivity index (χ0n) is 15.3. The summed E-state index contributed by atoms with van der Waals surface area (Å²) in [7, 11) is -1.14. The Balaban J connectivity index is 1.93. The topological polar surface area (TPSA) is 103 Å². The lowest BCUT2D eigenvalue weighted by Gasteiger charge is -2.18. The maximum absolute atomic E-state index is 12.0. The van der Waals surface area contributed by atoms with E-state index in [-0.39, 0.29) is 19.5 Å². The molecule has 1 aromatic heterocycles. The molecule has 0 radical (unpaired) electrons. The van der Waals surface area contributed by atoms with Crippen LogP contribution in [0.25, 0.3) is 0 Å². The molecule has 9 heteroatoms. The molecular formula is C16H28N2O6Si. The van der Waals surface area contributed by atoms with Crippen LogP contribution in [0, 0.1) is 6.92 Å². The van der Waals surface area contributed by atoms with Gasteiger partial charge in [0.25, 0.3) is 5.56 Å². The van der Waals surface area contributed by atoms with Crippen molar-refractivity contribution < 1.29 is 19.3 Å². The van der Waals surface area contributed by atoms with Crippen molar-refractivity contribution in [2.45, 2.75) is 57.5 Å². The van der Waals surface area contributed by atoms with E-state index in [2.05, 4.69) is 24.6 Å². The van der Waals surface area contributed by atoms with Crippen LogP contribution in [0.1, 0.15) is 18.2 Å². The number of aromatic nitrogens is 2. The smallest absolute Gasteiger partial charge is 0.330 e. The van der Waals surface area contributed by atoms with Crippen LogP contribution >= 0.6 is 0 Å². The Labute approximate surface area is 147 Å². The monoisotopic (exact) mass is 372 g/mol. The summed E-state index contributed by atoms with van der Waals surface area (Å²) < 4.78 is 18.3. The van der Waals surface area contributed by atoms with Crippen molar-refractivity contribution in [3.05, 3.63) is 32.6 Å². The zero-order chi connectivity index (χ0) is 18.6. The number of rotatable bonds is 8. The summed E-state index contributed by atoms with van der Waals surface area (Å²) in [6, 6.07) is 1.05. The summed E-state index contributed by atoms with van der Waals surface area (Å²) in [4.78, 5) is 25.7. The minimum absolute atomic E-state index is 0.126. The fourth-order valence-electron chi connectivity index (χ4n) is 2.58. The van der Waals surface area contributed by atoms with Gasteiger partial charge in [-0.25, -0.2) is 4.79 Å². The van der Waals surface area contributed by atoms with Gasteiger partial charge < -0.3 is 19.3 Å². The Morgan fingerprint density at radius 1 is 1.40 bits per heavy atom. The molecule has 1 aromatic rings. The Morgan fingerprint density at radius 2 is 2.12 bits per heavy atom. The quantitative estimate of drug-likeness (QED) is 0.398. The van der Waals surface area contributed by atoms with Crippen LogP contribution < -0.4 is 11.2 Å². The van der Waals surface area contributed by atoms with Gasteiger partial charge in [0.15, 0.2) is 0 Å². The third-order valence-electron chi connectivity index (χ3n) is 4.18. The number of aliphatic hydroxyl groups excluding tert-OH is 1. The second kappa shape index (κ2) is 8.41. The summed E-state index contributed by atoms with van der Waals surface area (Å²) in [6.45, 7) is 9.01. The van der Waals surface area contributed by atoms with Crippen LogP contribution in [0.15, 0.2) is 15.8 Å². The van der Waals surface area contributed by atoms with Crippen molar-refractivity contribution >= 4 is 8.07 Å². The lowest BCUT2D eigenvalue weighted by atomic mass is 10.2. The summed E-state index contributed by atoms with van der Waals surface area (Å²) in [5.41, 5.74) is -0.534. The first-order chi connectivity index (χ1) is 11.7. The number of aromatic amines is 1. The van der Waals surface area contributed by atoms with Crippen LogP contribution in [-0.4, -0.2) is 54.9 Å². The second-order valence-electron chi connectivity index (χ2n) is 7.57. The largest absolute Gasteiger partial charge is 0.394 e. The normalized spacial score (nSPS) is 24.0. The number of nitrogens with zero attached hydrogens (tertiary/aromatic N) is 1. The standard InChI is InChI=1S/C16H28N2O6Si/c1-11-8-18(16(21)17-15(11)20)14-7-12(13(9-19)24-14)23-10-22-5-6-25(2,3)4/h8,12-14,19H,5-7,9-10H2,1-4H3,(H,17,20,21)/t12?,13-,14-/m1/s1. The highest BCUT2D eigenvalue weighted by molar-refractivity contribution is 6.76. The molecule has 1 aliphatic rings. The molecule has 1 aliphatic heterocycles. The highest BCUT2D eigenvalue weighted by Crippen LogP contribution is 2.29. The molecule has 3 atom stereocenters. The van der Waals surface area contributed by atoms with Crippen molar-refractivity contribution in [1.82, 2.24) is 9.55 Å². The Bertz CT molecular complexity index is 680. The summed E-state index contributed by atoms with van der Waals surface area (Å²) in [5, 5.41) is 9.49. The van der Waals surface area contributed by atoms with Gasteiger partial charge in [-0.2, -0.15) is 0 Å². The molecule has 8 nitrogen and oxygen atoms in total. The minimum atomic E-state index is -1.14. The van der Waals surface area contributed by atoms with Gasteiger partial charge >= 0.3 is 5.69 Å². The summed E-state index contributed by atoms with van der Waals surface area (Å²) >= 11 is 0. The van der Waals surface area contributed by atoms with Gasteiger partial charge in [0.2, 0.25) is 0 Å². The Hall–Kier alpha value is -1.26. The van der Waals surface area contributed by atoms with Crippen molar-refractivity contribution in [2.24, 2.45) is 0 Å². The molecule has 1 unspecified atom stereocenters. The highest BCUT2D eigenvalue weighted by atomic mass is 28.3. The van der Waals surface area contributed by atoms with E-state index in [1.807, 2.05) is 0 Å². The van der Waals surface area contributed by atoms with Crippen molar-refractivity contribution in [2.75, 3.05) is 20.0 Å². The first-order valence-electron chi connectivity index (χ1n) is 8.49. The number of ether oxygens (including phenoxy) is 3. The van der Waals surface area contributed by atoms with Crippen LogP contribution in [0.5, 0.6) is 0 Å². The van der Waals surface area contributed by atoms with E-state index in [1.165, 1.54) is 10.8 Å². The molecule has 0 bridgehead atoms. The van der Waals surface area contributed by atoms with Crippen molar-refractivity contribution in [3.8, 4) is 0 Å². The van der Waals surface area contributed by atoms with Gasteiger partial charge in [-0.15, -0.1) is 0 Å². The SMILES string of the molecule is Cc1cn([C@H]2CC(OCOCC[Si](C)(C)C)[C@@H](CO)O2)c(=O)[nH]c1=O. The molecule has 142 valence electrons. The molecule has 1 saturated heterocycles. The highest BCUT2D eigenvalue weighted by Gasteiger charge is 2.37. The minimum Gasteiger partial charge on any atom is -0.394 e. The molecule has 0 amide bonds. The summed E-state index contributed by atoms with van der Waals surface area (Å²) in [5.74, 6) is 0. The number of aryl methyl sites for hydroxylation is 1. The molecule has 2 heterocycles. The maximum atomic E-state index is 12.0. The average molecular weight is 372 g/mol. The van der Waals surface area contributed by atoms with Crippen molar-refractivity contribution in [1.29, 1.82) is 0 Å². The van der Waals surface area contributed by atoms with E-state index < -0.39 is 31.7 Å². The number of nitrogens with one attached hydrogen (secondary N) is 1. The number of hydrogen-bond donors (Lipinski definition) is 2. The number of hydrogen-bond acceptors (Lipinski definition) is 6. The van der Waals surface area contributed by atoms with Crippen LogP contribution in [0.3, 0.4) is 0 Å². The van der Waals surface area contributed by atoms with Crippen LogP contribution in [-0.2, 0) is 14.2 Å². The maximum Gasteiger partial charge on any atom is 0.330 e. The molecule has 1 fully saturated rings. The third kappa shape index (κ3) is 5.61. The van der Waals surface area contributed by atoms with Gasteiger partial charge in [0.1, 0.15) is 19.1 Å². The van der Waals surface area contributed by atoms with Gasteiger partial charge in [-0.3, -0.25) is 14.3 Å². The first kappa shape index (κ1) is 20.1. The average Bonchev–Trinajstić information content (AvgIpc) is 2.92. The van der Waals surface area contributed by atoms with Crippen LogP contribution in [0.2, 0.25) is 25.7 Å². The van der Waals surface area contributed by atoms with E-state index in [4.69, 9.17) is 14.2 Å². The van der Waals surface area contributed by atoms with Crippen molar-refractivity contribution in [3.63, 3.8) is 0 Å². The van der Waals surface area contributed by atoms with Gasteiger partial charge in [-0.05, 0) is 13.0 Å². The number of H-pyrrole nitrogens is 1. The molecule has 0 aromatic carbocycles. The molecule has 2 N–H and O–H groups in total. The lowest BCUT2D eigenvalue weighted by molar-refractivity contribution is -0.116. The Kier molecular flexibility index (Phi) is 6.75. The van der Waals surface area contributed by atoms with Gasteiger partial charge in [-0.1, -0.05) is 19.6 Å². The fraction of sp³-hybridized carbons (Fsp3) is 0.750. The van der Waals surface area contributed by atoms with E-state index in [9.17, 15) is 14.7 Å². The van der Waals surface area contributed by atoms with E-state index in [0.29, 0.717) is 18.6 Å². The molecule has 0 aliphatic carbocycles. The summed E-state index contributed by atoms with van der Waals surface area (Å²) in [6.07, 6.45) is 0.360. The predicted molar refractivity (Wildman–Crippen MR) is 95.5 cm³/mol. The second-order valence-corrected chi connectivity index (χ2v) is 13.2. The predicted octanol–water partition coefficient (Wildman–Crippen LogP) is 0.822. The molecule has 2 rings (SSSR count). The zero-order valence-corrected chi connectivity index (χ0v) is 16.3. The Morgan fingerprint density at radius 3 is 2.76 bits per heavy atom. The van der Waals surface area contributed by atoms with Gasteiger partial charge in [0, 0.05) is 32.9 Å². The first-order valence-corrected chi connectivity index (χ1v) is 12.2. The third-order valence-corrected chi connectivity index (χ3v) is 5.88. The van der Waals surface area contributed by atoms with Crippen LogP contribution in [0.4, 0.5) is 0 Å². The number of aliphatic hydroxyl groups is 1. The fourth-order valence-corrected chi connectivity index (χ4v) is 3.34. The molecule has 25 heavy (non-hydrogen) atoms. The van der Waals surface area contributed by atoms with E-state index in [0.717, 1.165) is 6.04 Å². The lowest BCUT2D eigenvalue weighted by Crippen LogP contribution is -2.33. The molecule has 0 saturated carbocycles. The molecular weight excluding hydrogens is 344 g/mol. The molecule has 0 spiro atoms. The van der Waals surface area contributed by atoms with Gasteiger partial charge in [0.05, 0.1) is 12.7 Å². The van der Waals surface area contributed by atoms with E-state index >= 15 is 0 Å².